The Morgan fingerprint density at radius 1 is 1.22 bits per heavy atom. The summed E-state index contributed by atoms with van der Waals surface area (Å²) in [5.41, 5.74) is 11.5. The number of hydrogen-bond donors (Lipinski definition) is 2. The average molecular weight is 264 g/mol. The number of pyridine rings is 1. The highest BCUT2D eigenvalue weighted by Gasteiger charge is 2.11. The van der Waals surface area contributed by atoms with Gasteiger partial charge in [-0.1, -0.05) is 23.7 Å². The van der Waals surface area contributed by atoms with Crippen LogP contribution in [0.5, 0.6) is 11.6 Å². The topological polar surface area (TPSA) is 91.2 Å². The van der Waals surface area contributed by atoms with E-state index in [1.165, 1.54) is 0 Å². The second-order valence-electron chi connectivity index (χ2n) is 3.49. The van der Waals surface area contributed by atoms with Crippen molar-refractivity contribution in [1.82, 2.24) is 4.98 Å². The van der Waals surface area contributed by atoms with Crippen LogP contribution in [0.2, 0.25) is 5.15 Å². The maximum atomic E-state index is 11.2. The van der Waals surface area contributed by atoms with Crippen LogP contribution in [-0.2, 0) is 0 Å². The number of amides is 1. The molecule has 0 aliphatic rings. The number of aromatic nitrogens is 1. The number of carbonyl (C=O) groups excluding carboxylic acids is 1. The Hall–Kier alpha value is -2.27. The molecule has 0 unspecified atom stereocenters. The summed E-state index contributed by atoms with van der Waals surface area (Å²) < 4.78 is 5.46. The van der Waals surface area contributed by atoms with Gasteiger partial charge < -0.3 is 16.2 Å². The smallest absolute Gasteiger partial charge is 0.252 e. The summed E-state index contributed by atoms with van der Waals surface area (Å²) in [6.45, 7) is 0. The van der Waals surface area contributed by atoms with Crippen LogP contribution in [0.25, 0.3) is 0 Å². The molecule has 0 atom stereocenters. The van der Waals surface area contributed by atoms with Gasteiger partial charge in [-0.15, -0.1) is 0 Å². The SMILES string of the molecule is NC(=O)c1ccccc1Oc1nc(Cl)ccc1N. The van der Waals surface area contributed by atoms with Crippen molar-refractivity contribution in [1.29, 1.82) is 0 Å². The molecule has 0 bridgehead atoms. The summed E-state index contributed by atoms with van der Waals surface area (Å²) in [6.07, 6.45) is 0. The van der Waals surface area contributed by atoms with Gasteiger partial charge in [0, 0.05) is 0 Å². The first-order valence-electron chi connectivity index (χ1n) is 5.06. The Kier molecular flexibility index (Phi) is 3.34. The number of nitrogens with two attached hydrogens (primary N) is 2. The lowest BCUT2D eigenvalue weighted by Crippen LogP contribution is -2.12. The lowest BCUT2D eigenvalue weighted by Gasteiger charge is -2.09. The minimum absolute atomic E-state index is 0.135. The molecule has 0 fully saturated rings. The fourth-order valence-electron chi connectivity index (χ4n) is 1.37. The summed E-state index contributed by atoms with van der Waals surface area (Å²) in [4.78, 5) is 15.2. The average Bonchev–Trinajstić information content (AvgIpc) is 2.34. The molecule has 2 rings (SSSR count). The molecule has 0 saturated heterocycles. The molecule has 2 aromatic rings. The molecule has 1 heterocycles. The molecule has 1 aromatic carbocycles. The van der Waals surface area contributed by atoms with Gasteiger partial charge in [0.1, 0.15) is 10.9 Å². The number of primary amides is 1. The summed E-state index contributed by atoms with van der Waals surface area (Å²) >= 11 is 5.75. The standard InChI is InChI=1S/C12H10ClN3O2/c13-10-6-5-8(14)12(16-10)18-9-4-2-1-3-7(9)11(15)17/h1-6H,14H2,(H2,15,17). The zero-order valence-electron chi connectivity index (χ0n) is 9.26. The molecular formula is C12H10ClN3O2. The monoisotopic (exact) mass is 263 g/mol. The van der Waals surface area contributed by atoms with Crippen molar-refractivity contribution >= 4 is 23.2 Å². The van der Waals surface area contributed by atoms with Gasteiger partial charge in [0.05, 0.1) is 11.3 Å². The molecule has 1 amide bonds. The van der Waals surface area contributed by atoms with Crippen LogP contribution in [0, 0.1) is 0 Å². The zero-order valence-corrected chi connectivity index (χ0v) is 10.0. The zero-order chi connectivity index (χ0) is 13.1. The van der Waals surface area contributed by atoms with E-state index in [0.717, 1.165) is 0 Å². The van der Waals surface area contributed by atoms with E-state index < -0.39 is 5.91 Å². The Morgan fingerprint density at radius 2 is 1.94 bits per heavy atom. The van der Waals surface area contributed by atoms with Gasteiger partial charge in [0.2, 0.25) is 5.88 Å². The van der Waals surface area contributed by atoms with Gasteiger partial charge in [-0.25, -0.2) is 0 Å². The number of para-hydroxylation sites is 1. The number of ether oxygens (including phenoxy) is 1. The Bertz CT molecular complexity index is 602. The van der Waals surface area contributed by atoms with Crippen LogP contribution >= 0.6 is 11.6 Å². The van der Waals surface area contributed by atoms with E-state index in [4.69, 9.17) is 27.8 Å². The van der Waals surface area contributed by atoms with E-state index in [9.17, 15) is 4.79 Å². The van der Waals surface area contributed by atoms with Crippen LogP contribution in [-0.4, -0.2) is 10.9 Å². The lowest BCUT2D eigenvalue weighted by atomic mass is 10.2. The third-order valence-corrected chi connectivity index (χ3v) is 2.43. The molecule has 18 heavy (non-hydrogen) atoms. The summed E-state index contributed by atoms with van der Waals surface area (Å²) in [6, 6.07) is 9.66. The summed E-state index contributed by atoms with van der Waals surface area (Å²) in [5, 5.41) is 0.246. The van der Waals surface area contributed by atoms with Crippen LogP contribution in [0.3, 0.4) is 0 Å². The van der Waals surface area contributed by atoms with Gasteiger partial charge in [-0.3, -0.25) is 4.79 Å². The minimum atomic E-state index is -0.591. The highest BCUT2D eigenvalue weighted by atomic mass is 35.5. The van der Waals surface area contributed by atoms with Crippen LogP contribution in [0.1, 0.15) is 10.4 Å². The predicted octanol–water partition coefficient (Wildman–Crippen LogP) is 2.21. The Balaban J connectivity index is 2.40. The van der Waals surface area contributed by atoms with Crippen molar-refractivity contribution in [2.45, 2.75) is 0 Å². The van der Waals surface area contributed by atoms with Gasteiger partial charge >= 0.3 is 0 Å². The fraction of sp³-hybridized carbons (Fsp3) is 0. The Labute approximate surface area is 108 Å². The van der Waals surface area contributed by atoms with Gasteiger partial charge in [0.15, 0.2) is 0 Å². The fourth-order valence-corrected chi connectivity index (χ4v) is 1.51. The van der Waals surface area contributed by atoms with Crippen molar-refractivity contribution in [3.8, 4) is 11.6 Å². The van der Waals surface area contributed by atoms with Crippen LogP contribution in [0.4, 0.5) is 5.69 Å². The third-order valence-electron chi connectivity index (χ3n) is 2.21. The van der Waals surface area contributed by atoms with Gasteiger partial charge in [0.25, 0.3) is 5.91 Å². The normalized spacial score (nSPS) is 10.1. The summed E-state index contributed by atoms with van der Waals surface area (Å²) in [5.74, 6) is -0.172. The van der Waals surface area contributed by atoms with Crippen molar-refractivity contribution in [3.05, 3.63) is 47.1 Å². The van der Waals surface area contributed by atoms with E-state index in [1.807, 2.05) is 0 Å². The largest absolute Gasteiger partial charge is 0.436 e. The van der Waals surface area contributed by atoms with Crippen molar-refractivity contribution in [2.75, 3.05) is 5.73 Å². The molecule has 0 spiro atoms. The van der Waals surface area contributed by atoms with Crippen molar-refractivity contribution in [2.24, 2.45) is 5.73 Å². The number of rotatable bonds is 3. The number of halogens is 1. The molecule has 4 N–H and O–H groups in total. The van der Waals surface area contributed by atoms with Crippen molar-refractivity contribution in [3.63, 3.8) is 0 Å². The molecule has 92 valence electrons. The molecule has 0 saturated carbocycles. The highest BCUT2D eigenvalue weighted by Crippen LogP contribution is 2.28. The van der Waals surface area contributed by atoms with Gasteiger partial charge in [-0.05, 0) is 24.3 Å². The lowest BCUT2D eigenvalue weighted by molar-refractivity contribution is 0.0998. The first-order valence-corrected chi connectivity index (χ1v) is 5.44. The Morgan fingerprint density at radius 3 is 2.67 bits per heavy atom. The molecule has 1 aromatic heterocycles. The molecule has 0 radical (unpaired) electrons. The van der Waals surface area contributed by atoms with Crippen LogP contribution < -0.4 is 16.2 Å². The quantitative estimate of drug-likeness (QED) is 0.831. The minimum Gasteiger partial charge on any atom is -0.436 e. The van der Waals surface area contributed by atoms with E-state index in [1.54, 1.807) is 36.4 Å². The first kappa shape index (κ1) is 12.2. The number of carbonyl (C=O) groups is 1. The number of anilines is 1. The maximum Gasteiger partial charge on any atom is 0.252 e. The number of hydrogen-bond acceptors (Lipinski definition) is 4. The summed E-state index contributed by atoms with van der Waals surface area (Å²) in [7, 11) is 0. The molecule has 6 heteroatoms. The number of nitrogens with zero attached hydrogens (tertiary/aromatic N) is 1. The third kappa shape index (κ3) is 2.52. The molecular weight excluding hydrogens is 254 g/mol. The number of benzene rings is 1. The second-order valence-corrected chi connectivity index (χ2v) is 3.88. The van der Waals surface area contributed by atoms with E-state index in [2.05, 4.69) is 4.98 Å². The maximum absolute atomic E-state index is 11.2. The van der Waals surface area contributed by atoms with E-state index in [0.29, 0.717) is 5.69 Å². The van der Waals surface area contributed by atoms with E-state index in [-0.39, 0.29) is 22.3 Å². The van der Waals surface area contributed by atoms with E-state index >= 15 is 0 Å². The molecule has 0 aliphatic carbocycles. The second kappa shape index (κ2) is 4.93. The highest BCUT2D eigenvalue weighted by molar-refractivity contribution is 6.29. The van der Waals surface area contributed by atoms with Gasteiger partial charge in [-0.2, -0.15) is 4.98 Å². The van der Waals surface area contributed by atoms with Crippen molar-refractivity contribution < 1.29 is 9.53 Å². The van der Waals surface area contributed by atoms with Crippen LogP contribution in [0.15, 0.2) is 36.4 Å². The molecule has 5 nitrogen and oxygen atoms in total. The predicted molar refractivity (Wildman–Crippen MR) is 68.7 cm³/mol. The molecule has 0 aliphatic heterocycles. The first-order chi connectivity index (χ1) is 8.58. The number of nitrogen functional groups attached to an aromatic ring is 1.